The van der Waals surface area contributed by atoms with Gasteiger partial charge in [0.25, 0.3) is 0 Å². The molecule has 0 amide bonds. The highest BCUT2D eigenvalue weighted by atomic mass is 16.5. The average molecular weight is 167 g/mol. The molecule has 12 heavy (non-hydrogen) atoms. The normalized spacial score (nSPS) is 19.6. The van der Waals surface area contributed by atoms with Crippen LogP contribution in [0.1, 0.15) is 29.9 Å². The third-order valence-corrected chi connectivity index (χ3v) is 2.51. The van der Waals surface area contributed by atoms with Crippen LogP contribution in [-0.2, 0) is 6.42 Å². The summed E-state index contributed by atoms with van der Waals surface area (Å²) in [5, 5.41) is 13.5. The van der Waals surface area contributed by atoms with Gasteiger partial charge < -0.3 is 9.63 Å². The van der Waals surface area contributed by atoms with Crippen molar-refractivity contribution < 1.29 is 9.63 Å². The molecule has 0 radical (unpaired) electrons. The molecular weight excluding hydrogens is 154 g/mol. The summed E-state index contributed by atoms with van der Waals surface area (Å²) in [5.41, 5.74) is 1.55. The Labute approximate surface area is 71.4 Å². The molecule has 1 aliphatic carbocycles. The van der Waals surface area contributed by atoms with Crippen molar-refractivity contribution in [3.8, 4) is 0 Å². The van der Waals surface area contributed by atoms with E-state index in [1.807, 2.05) is 13.8 Å². The molecule has 3 nitrogen and oxygen atoms in total. The maximum absolute atomic E-state index is 9.68. The zero-order valence-corrected chi connectivity index (χ0v) is 7.42. The van der Waals surface area contributed by atoms with Crippen LogP contribution in [0.15, 0.2) is 4.52 Å². The number of hydrogen-bond acceptors (Lipinski definition) is 3. The maximum atomic E-state index is 9.68. The molecule has 1 N–H and O–H groups in total. The standard InChI is InChI=1S/C9H13NO2/c1-6-8(7(2)12-10-6)5-9(11)3-4-9/h11H,3-5H2,1-2H3. The van der Waals surface area contributed by atoms with Crippen LogP contribution in [0.2, 0.25) is 0 Å². The Morgan fingerprint density at radius 1 is 1.50 bits per heavy atom. The molecule has 1 aromatic rings. The predicted octanol–water partition coefficient (Wildman–Crippen LogP) is 1.36. The smallest absolute Gasteiger partial charge is 0.137 e. The number of hydrogen-bond donors (Lipinski definition) is 1. The third kappa shape index (κ3) is 1.25. The Morgan fingerprint density at radius 2 is 2.17 bits per heavy atom. The Balaban J connectivity index is 2.21. The summed E-state index contributed by atoms with van der Waals surface area (Å²) in [7, 11) is 0. The van der Waals surface area contributed by atoms with Gasteiger partial charge in [0.05, 0.1) is 11.3 Å². The average Bonchev–Trinajstić information content (AvgIpc) is 2.67. The second kappa shape index (κ2) is 2.33. The lowest BCUT2D eigenvalue weighted by molar-refractivity contribution is 0.150. The second-order valence-corrected chi connectivity index (χ2v) is 3.70. The van der Waals surface area contributed by atoms with Crippen molar-refractivity contribution in [1.29, 1.82) is 0 Å². The lowest BCUT2D eigenvalue weighted by Crippen LogP contribution is -2.11. The van der Waals surface area contributed by atoms with E-state index < -0.39 is 5.60 Å². The van der Waals surface area contributed by atoms with Crippen LogP contribution < -0.4 is 0 Å². The summed E-state index contributed by atoms with van der Waals surface area (Å²) >= 11 is 0. The van der Waals surface area contributed by atoms with Crippen LogP contribution in [0.3, 0.4) is 0 Å². The topological polar surface area (TPSA) is 46.3 Å². The van der Waals surface area contributed by atoms with E-state index in [-0.39, 0.29) is 0 Å². The first-order valence-corrected chi connectivity index (χ1v) is 4.25. The van der Waals surface area contributed by atoms with Gasteiger partial charge in [0.15, 0.2) is 0 Å². The molecule has 3 heteroatoms. The van der Waals surface area contributed by atoms with Crippen LogP contribution in [0, 0.1) is 13.8 Å². The second-order valence-electron chi connectivity index (χ2n) is 3.70. The molecule has 0 unspecified atom stereocenters. The van der Waals surface area contributed by atoms with Gasteiger partial charge in [-0.3, -0.25) is 0 Å². The first-order chi connectivity index (χ1) is 5.61. The van der Waals surface area contributed by atoms with E-state index in [2.05, 4.69) is 5.16 Å². The van der Waals surface area contributed by atoms with Crippen molar-refractivity contribution in [2.24, 2.45) is 0 Å². The van der Waals surface area contributed by atoms with Crippen molar-refractivity contribution >= 4 is 0 Å². The van der Waals surface area contributed by atoms with E-state index in [9.17, 15) is 5.11 Å². The third-order valence-electron chi connectivity index (χ3n) is 2.51. The van der Waals surface area contributed by atoms with Crippen molar-refractivity contribution in [3.63, 3.8) is 0 Å². The van der Waals surface area contributed by atoms with Gasteiger partial charge in [-0.15, -0.1) is 0 Å². The zero-order chi connectivity index (χ0) is 8.77. The van der Waals surface area contributed by atoms with Crippen molar-refractivity contribution in [1.82, 2.24) is 5.16 Å². The minimum atomic E-state index is -0.443. The van der Waals surface area contributed by atoms with Gasteiger partial charge in [-0.2, -0.15) is 0 Å². The van der Waals surface area contributed by atoms with E-state index in [1.54, 1.807) is 0 Å². The lowest BCUT2D eigenvalue weighted by Gasteiger charge is -2.05. The molecule has 0 bridgehead atoms. The summed E-state index contributed by atoms with van der Waals surface area (Å²) in [6, 6.07) is 0. The lowest BCUT2D eigenvalue weighted by atomic mass is 10.1. The molecule has 0 atom stereocenters. The van der Waals surface area contributed by atoms with Crippen LogP contribution >= 0.6 is 0 Å². The van der Waals surface area contributed by atoms with Crippen LogP contribution in [0.25, 0.3) is 0 Å². The van der Waals surface area contributed by atoms with Crippen LogP contribution in [-0.4, -0.2) is 15.9 Å². The molecule has 0 saturated heterocycles. The molecule has 2 rings (SSSR count). The van der Waals surface area contributed by atoms with Gasteiger partial charge in [-0.1, -0.05) is 5.16 Å². The molecule has 1 heterocycles. The predicted molar refractivity (Wildman–Crippen MR) is 43.9 cm³/mol. The number of nitrogens with zero attached hydrogens (tertiary/aromatic N) is 1. The van der Waals surface area contributed by atoms with Crippen LogP contribution in [0.4, 0.5) is 0 Å². The minimum Gasteiger partial charge on any atom is -0.390 e. The number of aromatic nitrogens is 1. The molecule has 0 spiro atoms. The van der Waals surface area contributed by atoms with E-state index in [0.29, 0.717) is 6.42 Å². The maximum Gasteiger partial charge on any atom is 0.137 e. The molecular formula is C9H13NO2. The molecule has 1 aliphatic rings. The molecule has 0 aromatic carbocycles. The fourth-order valence-electron chi connectivity index (χ4n) is 1.40. The van der Waals surface area contributed by atoms with E-state index in [4.69, 9.17) is 4.52 Å². The number of rotatable bonds is 2. The SMILES string of the molecule is Cc1noc(C)c1CC1(O)CC1. The quantitative estimate of drug-likeness (QED) is 0.723. The van der Waals surface area contributed by atoms with E-state index in [0.717, 1.165) is 29.9 Å². The first kappa shape index (κ1) is 7.80. The number of aliphatic hydroxyl groups is 1. The highest BCUT2D eigenvalue weighted by Crippen LogP contribution is 2.39. The van der Waals surface area contributed by atoms with Gasteiger partial charge in [-0.25, -0.2) is 0 Å². The molecule has 1 fully saturated rings. The van der Waals surface area contributed by atoms with Gasteiger partial charge in [0.2, 0.25) is 0 Å². The minimum absolute atomic E-state index is 0.443. The van der Waals surface area contributed by atoms with Crippen LogP contribution in [0.5, 0.6) is 0 Å². The van der Waals surface area contributed by atoms with Gasteiger partial charge in [-0.05, 0) is 26.7 Å². The fourth-order valence-corrected chi connectivity index (χ4v) is 1.40. The van der Waals surface area contributed by atoms with Gasteiger partial charge in [0.1, 0.15) is 5.76 Å². The van der Waals surface area contributed by atoms with Crippen molar-refractivity contribution in [2.45, 2.75) is 38.7 Å². The monoisotopic (exact) mass is 167 g/mol. The van der Waals surface area contributed by atoms with Gasteiger partial charge >= 0.3 is 0 Å². The van der Waals surface area contributed by atoms with Gasteiger partial charge in [0, 0.05) is 12.0 Å². The molecule has 0 aliphatic heterocycles. The summed E-state index contributed by atoms with van der Waals surface area (Å²) in [4.78, 5) is 0. The summed E-state index contributed by atoms with van der Waals surface area (Å²) in [6.07, 6.45) is 2.53. The Morgan fingerprint density at radius 3 is 2.58 bits per heavy atom. The first-order valence-electron chi connectivity index (χ1n) is 4.25. The molecule has 1 aromatic heterocycles. The highest BCUT2D eigenvalue weighted by Gasteiger charge is 2.41. The molecule has 66 valence electrons. The Bertz CT molecular complexity index is 280. The van der Waals surface area contributed by atoms with E-state index >= 15 is 0 Å². The molecule has 1 saturated carbocycles. The Hall–Kier alpha value is -0.830. The summed E-state index contributed by atoms with van der Waals surface area (Å²) in [6.45, 7) is 3.80. The van der Waals surface area contributed by atoms with Crippen molar-refractivity contribution in [2.75, 3.05) is 0 Å². The Kier molecular flexibility index (Phi) is 1.51. The highest BCUT2D eigenvalue weighted by molar-refractivity contribution is 5.24. The van der Waals surface area contributed by atoms with Crippen molar-refractivity contribution in [3.05, 3.63) is 17.0 Å². The van der Waals surface area contributed by atoms with E-state index in [1.165, 1.54) is 0 Å². The largest absolute Gasteiger partial charge is 0.390 e. The summed E-state index contributed by atoms with van der Waals surface area (Å²) in [5.74, 6) is 0.841. The fraction of sp³-hybridized carbons (Fsp3) is 0.667. The number of aryl methyl sites for hydroxylation is 2. The zero-order valence-electron chi connectivity index (χ0n) is 7.42. The summed E-state index contributed by atoms with van der Waals surface area (Å²) < 4.78 is 5.01.